The third-order valence-electron chi connectivity index (χ3n) is 7.06. The Kier molecular flexibility index (Phi) is 6.75. The number of carboxylic acids is 1. The van der Waals surface area contributed by atoms with Crippen molar-refractivity contribution < 1.29 is 28.2 Å². The van der Waals surface area contributed by atoms with E-state index in [4.69, 9.17) is 4.74 Å². The van der Waals surface area contributed by atoms with Crippen LogP contribution in [0.15, 0.2) is 35.5 Å². The van der Waals surface area contributed by atoms with E-state index in [1.54, 1.807) is 53.0 Å². The number of carbonyl (C=O) groups excluding carboxylic acids is 1. The largest absolute Gasteiger partial charge is 0.477 e. The molecule has 218 valence electrons. The second-order valence-corrected chi connectivity index (χ2v) is 11.4. The summed E-state index contributed by atoms with van der Waals surface area (Å²) in [6.07, 6.45) is 3.68. The van der Waals surface area contributed by atoms with Gasteiger partial charge < -0.3 is 19.3 Å². The zero-order valence-electron chi connectivity index (χ0n) is 24.2. The number of rotatable bonds is 4. The van der Waals surface area contributed by atoms with E-state index in [2.05, 4.69) is 9.97 Å². The van der Waals surface area contributed by atoms with Crippen molar-refractivity contribution in [3.8, 4) is 22.3 Å². The normalized spacial score (nSPS) is 12.2. The molecule has 0 spiro atoms. The lowest BCUT2D eigenvalue weighted by atomic mass is 9.97. The average molecular weight is 578 g/mol. The maximum atomic E-state index is 15.6. The molecule has 42 heavy (non-hydrogen) atoms. The summed E-state index contributed by atoms with van der Waals surface area (Å²) in [6.45, 7) is 5.12. The molecule has 1 amide bonds. The summed E-state index contributed by atoms with van der Waals surface area (Å²) in [4.78, 5) is 49.4. The number of amides is 1. The van der Waals surface area contributed by atoms with E-state index in [0.717, 1.165) is 11.0 Å². The number of fused-ring (bicyclic) bond motifs is 4. The Bertz CT molecular complexity index is 1880. The maximum Gasteiger partial charge on any atom is 0.414 e. The minimum atomic E-state index is -1.36. The third kappa shape index (κ3) is 4.62. The number of ether oxygens (including phenoxy) is 1. The Labute approximate surface area is 239 Å². The molecule has 3 aromatic heterocycles. The summed E-state index contributed by atoms with van der Waals surface area (Å²) < 4.78 is 37.7. The molecule has 0 atom stereocenters. The van der Waals surface area contributed by atoms with Gasteiger partial charge in [-0.25, -0.2) is 23.4 Å². The highest BCUT2D eigenvalue weighted by Gasteiger charge is 2.35. The Balaban J connectivity index is 1.74. The molecule has 5 rings (SSSR count). The fourth-order valence-corrected chi connectivity index (χ4v) is 5.26. The van der Waals surface area contributed by atoms with Gasteiger partial charge in [0.15, 0.2) is 11.6 Å². The SMILES string of the molecule is CN(C)c1c(-c2cnc3c(c2)c(=O)c(C(=O)O)cn3C)cnc2c1-c1c(F)c(F)cc(N(C)C(=O)OC(C)(C)C)c1C2. The summed E-state index contributed by atoms with van der Waals surface area (Å²) >= 11 is 0. The van der Waals surface area contributed by atoms with Gasteiger partial charge in [0.1, 0.15) is 16.8 Å². The summed E-state index contributed by atoms with van der Waals surface area (Å²) in [5, 5.41) is 9.58. The third-order valence-corrected chi connectivity index (χ3v) is 7.06. The van der Waals surface area contributed by atoms with E-state index in [-0.39, 0.29) is 28.7 Å². The zero-order chi connectivity index (χ0) is 30.8. The number of benzene rings is 1. The number of halogens is 2. The minimum Gasteiger partial charge on any atom is -0.477 e. The number of anilines is 2. The smallest absolute Gasteiger partial charge is 0.414 e. The first-order valence-corrected chi connectivity index (χ1v) is 13.0. The van der Waals surface area contributed by atoms with Crippen molar-refractivity contribution in [1.29, 1.82) is 0 Å². The van der Waals surface area contributed by atoms with Gasteiger partial charge in [0.25, 0.3) is 0 Å². The van der Waals surface area contributed by atoms with Gasteiger partial charge in [-0.3, -0.25) is 14.7 Å². The Hall–Kier alpha value is -4.87. The van der Waals surface area contributed by atoms with E-state index in [1.807, 2.05) is 0 Å². The van der Waals surface area contributed by atoms with Crippen LogP contribution in [-0.2, 0) is 18.2 Å². The molecule has 1 aliphatic carbocycles. The summed E-state index contributed by atoms with van der Waals surface area (Å²) in [6, 6.07) is 2.50. The monoisotopic (exact) mass is 577 g/mol. The van der Waals surface area contributed by atoms with Gasteiger partial charge in [0.05, 0.1) is 22.5 Å². The van der Waals surface area contributed by atoms with Crippen LogP contribution in [-0.4, -0.2) is 58.4 Å². The van der Waals surface area contributed by atoms with Crippen LogP contribution in [0.4, 0.5) is 25.0 Å². The van der Waals surface area contributed by atoms with Gasteiger partial charge in [-0.15, -0.1) is 0 Å². The molecule has 0 unspecified atom stereocenters. The molecule has 0 aliphatic heterocycles. The molecule has 1 aromatic carbocycles. The van der Waals surface area contributed by atoms with Crippen molar-refractivity contribution in [2.24, 2.45) is 7.05 Å². The Morgan fingerprint density at radius 3 is 2.38 bits per heavy atom. The predicted octanol–water partition coefficient (Wildman–Crippen LogP) is 4.98. The van der Waals surface area contributed by atoms with E-state index < -0.39 is 40.3 Å². The second kappa shape index (κ2) is 9.89. The molecule has 12 heteroatoms. The first-order chi connectivity index (χ1) is 19.6. The topological polar surface area (TPSA) is 118 Å². The van der Waals surface area contributed by atoms with Crippen LogP contribution in [0.3, 0.4) is 0 Å². The molecule has 0 saturated heterocycles. The van der Waals surface area contributed by atoms with Gasteiger partial charge in [-0.2, -0.15) is 0 Å². The van der Waals surface area contributed by atoms with Crippen molar-refractivity contribution in [2.45, 2.75) is 32.8 Å². The highest BCUT2D eigenvalue weighted by Crippen LogP contribution is 2.50. The molecule has 0 bridgehead atoms. The Morgan fingerprint density at radius 2 is 1.76 bits per heavy atom. The summed E-state index contributed by atoms with van der Waals surface area (Å²) in [5.41, 5.74) is 1.08. The number of aromatic carboxylic acids is 1. The Morgan fingerprint density at radius 1 is 1.07 bits per heavy atom. The average Bonchev–Trinajstić information content (AvgIpc) is 3.30. The van der Waals surface area contributed by atoms with E-state index in [1.165, 1.54) is 30.1 Å². The second-order valence-electron chi connectivity index (χ2n) is 11.4. The first kappa shape index (κ1) is 28.7. The number of aromatic nitrogens is 3. The van der Waals surface area contributed by atoms with Gasteiger partial charge in [0, 0.05) is 81.5 Å². The number of carbonyl (C=O) groups is 2. The fourth-order valence-electron chi connectivity index (χ4n) is 5.26. The molecule has 1 aliphatic rings. The molecular weight excluding hydrogens is 548 g/mol. The van der Waals surface area contributed by atoms with Crippen LogP contribution in [0.2, 0.25) is 0 Å². The fraction of sp³-hybridized carbons (Fsp3) is 0.300. The number of hydrogen-bond acceptors (Lipinski definition) is 7. The van der Waals surface area contributed by atoms with Crippen molar-refractivity contribution in [2.75, 3.05) is 30.9 Å². The van der Waals surface area contributed by atoms with Gasteiger partial charge in [0.2, 0.25) is 5.43 Å². The number of aryl methyl sites for hydroxylation is 1. The molecule has 4 aromatic rings. The predicted molar refractivity (Wildman–Crippen MR) is 154 cm³/mol. The number of pyridine rings is 3. The van der Waals surface area contributed by atoms with Crippen LogP contribution >= 0.6 is 0 Å². The van der Waals surface area contributed by atoms with Crippen LogP contribution in [0.25, 0.3) is 33.3 Å². The molecular formula is C30H29F2N5O5. The molecule has 0 saturated carbocycles. The van der Waals surface area contributed by atoms with E-state index in [9.17, 15) is 19.5 Å². The number of carboxylic acid groups (broad SMARTS) is 1. The van der Waals surface area contributed by atoms with Gasteiger partial charge in [-0.05, 0) is 32.4 Å². The highest BCUT2D eigenvalue weighted by molar-refractivity contribution is 6.00. The first-order valence-electron chi connectivity index (χ1n) is 13.0. The standard InChI is InChI=1S/C30H29F2N5O5/c1-30(2,3)42-29(41)37(7)21-10-19(31)24(32)22-15(21)9-20-23(22)25(35(4)5)17(12-33-20)14-8-16-26(38)18(28(39)40)13-36(6)27(16)34-11-14/h8,10-13H,9H2,1-7H3,(H,39,40). The van der Waals surface area contributed by atoms with Crippen molar-refractivity contribution in [3.63, 3.8) is 0 Å². The van der Waals surface area contributed by atoms with Gasteiger partial charge in [-0.1, -0.05) is 0 Å². The van der Waals surface area contributed by atoms with Gasteiger partial charge >= 0.3 is 12.1 Å². The zero-order valence-corrected chi connectivity index (χ0v) is 24.2. The lowest BCUT2D eigenvalue weighted by Gasteiger charge is -2.26. The highest BCUT2D eigenvalue weighted by atomic mass is 19.2. The summed E-state index contributed by atoms with van der Waals surface area (Å²) in [7, 11) is 6.49. The van der Waals surface area contributed by atoms with Crippen molar-refractivity contribution in [1.82, 2.24) is 14.5 Å². The lowest BCUT2D eigenvalue weighted by molar-refractivity contribution is 0.0588. The van der Waals surface area contributed by atoms with Crippen molar-refractivity contribution >= 4 is 34.5 Å². The van der Waals surface area contributed by atoms with Crippen LogP contribution in [0.5, 0.6) is 0 Å². The maximum absolute atomic E-state index is 15.6. The van der Waals surface area contributed by atoms with Crippen LogP contribution < -0.4 is 15.2 Å². The van der Waals surface area contributed by atoms with E-state index in [0.29, 0.717) is 33.6 Å². The quantitative estimate of drug-likeness (QED) is 0.318. The number of nitrogens with zero attached hydrogens (tertiary/aromatic N) is 5. The van der Waals surface area contributed by atoms with E-state index >= 15 is 8.78 Å². The van der Waals surface area contributed by atoms with Crippen LogP contribution in [0.1, 0.15) is 42.4 Å². The molecule has 0 radical (unpaired) electrons. The molecule has 10 nitrogen and oxygen atoms in total. The molecule has 3 heterocycles. The van der Waals surface area contributed by atoms with Crippen LogP contribution in [0, 0.1) is 11.6 Å². The van der Waals surface area contributed by atoms with Crippen molar-refractivity contribution in [3.05, 3.63) is 69.4 Å². The molecule has 1 N–H and O–H groups in total. The lowest BCUT2D eigenvalue weighted by Crippen LogP contribution is -2.34. The summed E-state index contributed by atoms with van der Waals surface area (Å²) in [5.74, 6) is -3.58. The minimum absolute atomic E-state index is 0.0220. The number of hydrogen-bond donors (Lipinski definition) is 1. The molecule has 0 fully saturated rings.